The zero-order valence-electron chi connectivity index (χ0n) is 11.4. The Kier molecular flexibility index (Phi) is 3.62. The fourth-order valence-electron chi connectivity index (χ4n) is 2.34. The van der Waals surface area contributed by atoms with E-state index in [1.165, 1.54) is 12.1 Å². The van der Waals surface area contributed by atoms with Crippen molar-refractivity contribution in [3.05, 3.63) is 36.3 Å². The molecule has 1 aliphatic heterocycles. The number of ether oxygens (including phenoxy) is 1. The highest BCUT2D eigenvalue weighted by Crippen LogP contribution is 2.30. The van der Waals surface area contributed by atoms with Crippen molar-refractivity contribution in [2.24, 2.45) is 0 Å². The summed E-state index contributed by atoms with van der Waals surface area (Å²) in [6.07, 6.45) is 1.63. The van der Waals surface area contributed by atoms with Crippen LogP contribution in [0.1, 0.15) is 0 Å². The van der Waals surface area contributed by atoms with E-state index in [0.29, 0.717) is 30.0 Å². The predicted molar refractivity (Wildman–Crippen MR) is 78.7 cm³/mol. The summed E-state index contributed by atoms with van der Waals surface area (Å²) in [6, 6.07) is 5.95. The number of phenolic OH excluding ortho intramolecular Hbond substituents is 1. The molecular formula is C15H16FN3O2. The molecule has 0 saturated carbocycles. The van der Waals surface area contributed by atoms with Gasteiger partial charge in [0.15, 0.2) is 11.6 Å². The van der Waals surface area contributed by atoms with Crippen molar-refractivity contribution < 1.29 is 14.2 Å². The quantitative estimate of drug-likeness (QED) is 0.885. The lowest BCUT2D eigenvalue weighted by molar-refractivity contribution is 0.122. The maximum Gasteiger partial charge on any atom is 0.165 e. The summed E-state index contributed by atoms with van der Waals surface area (Å²) in [5.41, 5.74) is 7.82. The minimum atomic E-state index is -0.677. The zero-order chi connectivity index (χ0) is 14.8. The summed E-state index contributed by atoms with van der Waals surface area (Å²) in [5.74, 6) is -0.266. The van der Waals surface area contributed by atoms with Crippen molar-refractivity contribution in [2.45, 2.75) is 0 Å². The van der Waals surface area contributed by atoms with E-state index in [-0.39, 0.29) is 5.75 Å². The average molecular weight is 289 g/mol. The van der Waals surface area contributed by atoms with Gasteiger partial charge in [0.05, 0.1) is 13.2 Å². The van der Waals surface area contributed by atoms with E-state index >= 15 is 0 Å². The number of aromatic hydroxyl groups is 1. The van der Waals surface area contributed by atoms with Crippen LogP contribution in [0.15, 0.2) is 30.5 Å². The van der Waals surface area contributed by atoms with E-state index in [4.69, 9.17) is 10.5 Å². The van der Waals surface area contributed by atoms with Crippen molar-refractivity contribution in [1.29, 1.82) is 0 Å². The van der Waals surface area contributed by atoms with Gasteiger partial charge in [0, 0.05) is 36.6 Å². The van der Waals surface area contributed by atoms with Crippen molar-refractivity contribution >= 4 is 11.5 Å². The Bertz CT molecular complexity index is 657. The molecule has 0 amide bonds. The van der Waals surface area contributed by atoms with Crippen LogP contribution in [0.3, 0.4) is 0 Å². The van der Waals surface area contributed by atoms with E-state index in [1.54, 1.807) is 18.3 Å². The Hall–Kier alpha value is -2.34. The molecule has 0 radical (unpaired) electrons. The second-order valence-corrected chi connectivity index (χ2v) is 4.90. The lowest BCUT2D eigenvalue weighted by Gasteiger charge is -2.28. The molecule has 6 heteroatoms. The van der Waals surface area contributed by atoms with E-state index in [9.17, 15) is 9.50 Å². The van der Waals surface area contributed by atoms with E-state index in [2.05, 4.69) is 9.88 Å². The second kappa shape index (κ2) is 5.57. The summed E-state index contributed by atoms with van der Waals surface area (Å²) in [7, 11) is 0. The lowest BCUT2D eigenvalue weighted by Crippen LogP contribution is -2.36. The van der Waals surface area contributed by atoms with Gasteiger partial charge in [0.1, 0.15) is 5.82 Å². The largest absolute Gasteiger partial charge is 0.505 e. The molecule has 5 nitrogen and oxygen atoms in total. The van der Waals surface area contributed by atoms with Crippen LogP contribution < -0.4 is 10.6 Å². The number of pyridine rings is 1. The molecule has 1 aromatic carbocycles. The molecule has 1 aliphatic rings. The molecule has 0 spiro atoms. The van der Waals surface area contributed by atoms with Crippen LogP contribution in [-0.4, -0.2) is 36.4 Å². The minimum absolute atomic E-state index is 0.379. The van der Waals surface area contributed by atoms with Crippen LogP contribution in [0.2, 0.25) is 0 Å². The summed E-state index contributed by atoms with van der Waals surface area (Å²) in [6.45, 7) is 2.90. The number of aromatic nitrogens is 1. The normalized spacial score (nSPS) is 15.2. The number of hydrogen-bond donors (Lipinski definition) is 2. The van der Waals surface area contributed by atoms with Gasteiger partial charge in [-0.05, 0) is 17.7 Å². The standard InChI is InChI=1S/C15H16FN3O2/c16-12-7-10(1-2-14(12)20)11-9-18-15(8-13(11)17)19-3-5-21-6-4-19/h1-2,7-9,20H,3-6H2,(H2,17,18). The van der Waals surface area contributed by atoms with Crippen molar-refractivity contribution in [3.63, 3.8) is 0 Å². The number of nitrogen functional groups attached to an aromatic ring is 1. The van der Waals surface area contributed by atoms with Gasteiger partial charge in [0.25, 0.3) is 0 Å². The number of benzene rings is 1. The number of phenols is 1. The van der Waals surface area contributed by atoms with Gasteiger partial charge in [-0.1, -0.05) is 6.07 Å². The second-order valence-electron chi connectivity index (χ2n) is 4.90. The molecule has 0 atom stereocenters. The third-order valence-electron chi connectivity index (χ3n) is 3.52. The van der Waals surface area contributed by atoms with E-state index < -0.39 is 5.82 Å². The van der Waals surface area contributed by atoms with Crippen LogP contribution in [0.5, 0.6) is 5.75 Å². The predicted octanol–water partition coefficient (Wildman–Crippen LogP) is 2.01. The van der Waals surface area contributed by atoms with Crippen molar-refractivity contribution in [2.75, 3.05) is 36.9 Å². The highest BCUT2D eigenvalue weighted by molar-refractivity contribution is 5.77. The molecule has 3 N–H and O–H groups in total. The third kappa shape index (κ3) is 2.75. The van der Waals surface area contributed by atoms with Gasteiger partial charge < -0.3 is 20.5 Å². The van der Waals surface area contributed by atoms with Crippen molar-refractivity contribution in [1.82, 2.24) is 4.98 Å². The molecule has 21 heavy (non-hydrogen) atoms. The Labute approximate surface area is 121 Å². The maximum atomic E-state index is 13.4. The minimum Gasteiger partial charge on any atom is -0.505 e. The molecule has 2 heterocycles. The fraction of sp³-hybridized carbons (Fsp3) is 0.267. The van der Waals surface area contributed by atoms with Gasteiger partial charge in [-0.2, -0.15) is 0 Å². The first-order chi connectivity index (χ1) is 10.1. The van der Waals surface area contributed by atoms with Gasteiger partial charge in [-0.25, -0.2) is 9.37 Å². The van der Waals surface area contributed by atoms with Crippen LogP contribution in [-0.2, 0) is 4.74 Å². The summed E-state index contributed by atoms with van der Waals surface area (Å²) < 4.78 is 18.7. The van der Waals surface area contributed by atoms with Crippen LogP contribution in [0, 0.1) is 5.82 Å². The fourth-order valence-corrected chi connectivity index (χ4v) is 2.34. The number of nitrogens with zero attached hydrogens (tertiary/aromatic N) is 2. The summed E-state index contributed by atoms with van der Waals surface area (Å²) in [4.78, 5) is 6.50. The zero-order valence-corrected chi connectivity index (χ0v) is 11.4. The van der Waals surface area contributed by atoms with Gasteiger partial charge >= 0.3 is 0 Å². The maximum absolute atomic E-state index is 13.4. The van der Waals surface area contributed by atoms with Crippen LogP contribution >= 0.6 is 0 Å². The number of rotatable bonds is 2. The van der Waals surface area contributed by atoms with E-state index in [0.717, 1.165) is 18.9 Å². The highest BCUT2D eigenvalue weighted by Gasteiger charge is 2.14. The SMILES string of the molecule is Nc1cc(N2CCOCC2)ncc1-c1ccc(O)c(F)c1. The number of morpholine rings is 1. The van der Waals surface area contributed by atoms with Crippen LogP contribution in [0.25, 0.3) is 11.1 Å². The molecular weight excluding hydrogens is 273 g/mol. The monoisotopic (exact) mass is 289 g/mol. The molecule has 0 unspecified atom stereocenters. The van der Waals surface area contributed by atoms with Gasteiger partial charge in [-0.3, -0.25) is 0 Å². The number of halogens is 1. The van der Waals surface area contributed by atoms with E-state index in [1.807, 2.05) is 0 Å². The first-order valence-electron chi connectivity index (χ1n) is 6.72. The first-order valence-corrected chi connectivity index (χ1v) is 6.72. The number of hydrogen-bond acceptors (Lipinski definition) is 5. The Morgan fingerprint density at radius 1 is 1.24 bits per heavy atom. The molecule has 3 rings (SSSR count). The van der Waals surface area contributed by atoms with Gasteiger partial charge in [0.2, 0.25) is 0 Å². The smallest absolute Gasteiger partial charge is 0.165 e. The van der Waals surface area contributed by atoms with Crippen molar-refractivity contribution in [3.8, 4) is 16.9 Å². The summed E-state index contributed by atoms with van der Waals surface area (Å²) in [5, 5.41) is 9.23. The Balaban J connectivity index is 1.91. The molecule has 2 aromatic rings. The highest BCUT2D eigenvalue weighted by atomic mass is 19.1. The number of anilines is 2. The molecule has 0 aliphatic carbocycles. The van der Waals surface area contributed by atoms with Gasteiger partial charge in [-0.15, -0.1) is 0 Å². The molecule has 0 bridgehead atoms. The Morgan fingerprint density at radius 2 is 2.00 bits per heavy atom. The number of nitrogens with two attached hydrogens (primary N) is 1. The topological polar surface area (TPSA) is 71.6 Å². The molecule has 1 aromatic heterocycles. The molecule has 110 valence electrons. The Morgan fingerprint density at radius 3 is 2.67 bits per heavy atom. The van der Waals surface area contributed by atoms with Crippen LogP contribution in [0.4, 0.5) is 15.9 Å². The molecule has 1 fully saturated rings. The third-order valence-corrected chi connectivity index (χ3v) is 3.52. The molecule has 1 saturated heterocycles. The summed E-state index contributed by atoms with van der Waals surface area (Å²) >= 11 is 0. The first kappa shape index (κ1) is 13.6. The lowest BCUT2D eigenvalue weighted by atomic mass is 10.1. The average Bonchev–Trinajstić information content (AvgIpc) is 2.51.